The van der Waals surface area contributed by atoms with Crippen molar-refractivity contribution in [1.29, 1.82) is 0 Å². The Morgan fingerprint density at radius 3 is 2.50 bits per heavy atom. The van der Waals surface area contributed by atoms with Crippen LogP contribution < -0.4 is 4.74 Å². The Labute approximate surface area is 84.3 Å². The molecule has 1 aromatic rings. The first kappa shape index (κ1) is 11.0. The van der Waals surface area contributed by atoms with Crippen molar-refractivity contribution in [3.8, 4) is 5.75 Å². The maximum Gasteiger partial charge on any atom is 0.176 e. The molecule has 2 nitrogen and oxygen atoms in total. The van der Waals surface area contributed by atoms with E-state index in [4.69, 9.17) is 4.74 Å². The molecular formula is C9H8F2O2S. The van der Waals surface area contributed by atoms with Crippen LogP contribution in [0.25, 0.3) is 0 Å². The first-order valence-corrected chi connectivity index (χ1v) is 4.93. The van der Waals surface area contributed by atoms with E-state index < -0.39 is 11.6 Å². The molecule has 0 aliphatic carbocycles. The maximum absolute atomic E-state index is 13.3. The van der Waals surface area contributed by atoms with Gasteiger partial charge >= 0.3 is 0 Å². The summed E-state index contributed by atoms with van der Waals surface area (Å²) in [6, 6.07) is 1.18. The minimum absolute atomic E-state index is 0.0654. The molecule has 0 amide bonds. The Morgan fingerprint density at radius 2 is 2.07 bits per heavy atom. The smallest absolute Gasteiger partial charge is 0.176 e. The fraction of sp³-hybridized carbons (Fsp3) is 0.222. The maximum atomic E-state index is 13.3. The normalized spacial score (nSPS) is 10.0. The predicted octanol–water partition coefficient (Wildman–Crippen LogP) is 2.51. The third-order valence-corrected chi connectivity index (χ3v) is 2.50. The third kappa shape index (κ3) is 1.72. The molecule has 0 fully saturated rings. The van der Waals surface area contributed by atoms with Gasteiger partial charge < -0.3 is 4.74 Å². The van der Waals surface area contributed by atoms with Gasteiger partial charge in [-0.2, -0.15) is 0 Å². The van der Waals surface area contributed by atoms with Crippen LogP contribution in [0.4, 0.5) is 8.78 Å². The van der Waals surface area contributed by atoms with Crippen LogP contribution in [0.15, 0.2) is 11.0 Å². The lowest BCUT2D eigenvalue weighted by Crippen LogP contribution is -1.98. The molecule has 0 bridgehead atoms. The Morgan fingerprint density at radius 1 is 1.43 bits per heavy atom. The summed E-state index contributed by atoms with van der Waals surface area (Å²) >= 11 is 1.02. The van der Waals surface area contributed by atoms with Crippen molar-refractivity contribution < 1.29 is 18.3 Å². The third-order valence-electron chi connectivity index (χ3n) is 1.71. The van der Waals surface area contributed by atoms with Crippen molar-refractivity contribution >= 4 is 18.0 Å². The quantitative estimate of drug-likeness (QED) is 0.576. The SMILES string of the molecule is COc1cc(C=O)c(F)c(F)c1SC. The number of aldehydes is 1. The van der Waals surface area contributed by atoms with Crippen molar-refractivity contribution in [1.82, 2.24) is 0 Å². The molecule has 0 heterocycles. The molecule has 5 heteroatoms. The minimum Gasteiger partial charge on any atom is -0.495 e. The molecule has 0 saturated carbocycles. The van der Waals surface area contributed by atoms with Crippen LogP contribution in [0.3, 0.4) is 0 Å². The fourth-order valence-corrected chi connectivity index (χ4v) is 1.64. The van der Waals surface area contributed by atoms with Gasteiger partial charge in [0.1, 0.15) is 5.75 Å². The zero-order valence-corrected chi connectivity index (χ0v) is 8.45. The summed E-state index contributed by atoms with van der Waals surface area (Å²) in [5.41, 5.74) is -0.336. The van der Waals surface area contributed by atoms with Crippen LogP contribution >= 0.6 is 11.8 Å². The summed E-state index contributed by atoms with van der Waals surface area (Å²) < 4.78 is 31.2. The van der Waals surface area contributed by atoms with Gasteiger partial charge in [-0.15, -0.1) is 11.8 Å². The molecule has 76 valence electrons. The molecule has 0 atom stereocenters. The number of halogens is 2. The molecule has 14 heavy (non-hydrogen) atoms. The molecule has 1 rings (SSSR count). The lowest BCUT2D eigenvalue weighted by atomic mass is 10.2. The van der Waals surface area contributed by atoms with Crippen LogP contribution in [-0.2, 0) is 0 Å². The summed E-state index contributed by atoms with van der Waals surface area (Å²) in [5.74, 6) is -2.01. The summed E-state index contributed by atoms with van der Waals surface area (Å²) in [4.78, 5) is 10.4. The Hall–Kier alpha value is -1.10. The molecule has 0 aliphatic heterocycles. The van der Waals surface area contributed by atoms with E-state index in [1.165, 1.54) is 13.2 Å². The largest absolute Gasteiger partial charge is 0.495 e. The first-order valence-electron chi connectivity index (χ1n) is 3.70. The average molecular weight is 218 g/mol. The predicted molar refractivity (Wildman–Crippen MR) is 50.1 cm³/mol. The number of rotatable bonds is 3. The fourth-order valence-electron chi connectivity index (χ4n) is 1.03. The van der Waals surface area contributed by atoms with Gasteiger partial charge in [0, 0.05) is 0 Å². The van der Waals surface area contributed by atoms with E-state index >= 15 is 0 Å². The molecule has 0 saturated heterocycles. The van der Waals surface area contributed by atoms with Gasteiger partial charge in [0.05, 0.1) is 17.6 Å². The average Bonchev–Trinajstić information content (AvgIpc) is 2.21. The van der Waals surface area contributed by atoms with E-state index in [2.05, 4.69) is 0 Å². The highest BCUT2D eigenvalue weighted by atomic mass is 32.2. The highest BCUT2D eigenvalue weighted by Crippen LogP contribution is 2.33. The van der Waals surface area contributed by atoms with Crippen LogP contribution in [0.2, 0.25) is 0 Å². The van der Waals surface area contributed by atoms with Gasteiger partial charge in [-0.1, -0.05) is 0 Å². The summed E-state index contributed by atoms with van der Waals surface area (Å²) in [6.07, 6.45) is 1.85. The Kier molecular flexibility index (Phi) is 3.46. The number of hydrogen-bond donors (Lipinski definition) is 0. The number of thioether (sulfide) groups is 1. The lowest BCUT2D eigenvalue weighted by molar-refractivity contribution is 0.111. The first-order chi connectivity index (χ1) is 6.65. The van der Waals surface area contributed by atoms with Crippen molar-refractivity contribution in [3.05, 3.63) is 23.3 Å². The standard InChI is InChI=1S/C9H8F2O2S/c1-13-6-3-5(4-12)7(10)8(11)9(6)14-2/h3-4H,1-2H3. The number of hydrogen-bond acceptors (Lipinski definition) is 3. The van der Waals surface area contributed by atoms with E-state index in [9.17, 15) is 13.6 Å². The van der Waals surface area contributed by atoms with Gasteiger partial charge in [-0.3, -0.25) is 4.79 Å². The van der Waals surface area contributed by atoms with Crippen molar-refractivity contribution in [2.75, 3.05) is 13.4 Å². The van der Waals surface area contributed by atoms with E-state index in [1.807, 2.05) is 0 Å². The molecule has 0 radical (unpaired) electrons. The van der Waals surface area contributed by atoms with E-state index in [0.29, 0.717) is 0 Å². The van der Waals surface area contributed by atoms with Crippen molar-refractivity contribution in [2.24, 2.45) is 0 Å². The van der Waals surface area contributed by atoms with Gasteiger partial charge in [0.25, 0.3) is 0 Å². The number of carbonyl (C=O) groups excluding carboxylic acids is 1. The molecule has 0 unspecified atom stereocenters. The summed E-state index contributed by atoms with van der Waals surface area (Å²) in [6.45, 7) is 0. The molecule has 0 N–H and O–H groups in total. The molecule has 0 aliphatic rings. The second-order valence-electron chi connectivity index (χ2n) is 2.45. The number of ether oxygens (including phenoxy) is 1. The monoisotopic (exact) mass is 218 g/mol. The minimum atomic E-state index is -1.13. The summed E-state index contributed by atoms with van der Waals surface area (Å²) in [5, 5.41) is 0. The van der Waals surface area contributed by atoms with Gasteiger partial charge in [0.2, 0.25) is 0 Å². The number of methoxy groups -OCH3 is 1. The van der Waals surface area contributed by atoms with Crippen molar-refractivity contribution in [2.45, 2.75) is 4.90 Å². The van der Waals surface area contributed by atoms with E-state index in [0.717, 1.165) is 11.8 Å². The molecule has 0 aromatic heterocycles. The highest BCUT2D eigenvalue weighted by molar-refractivity contribution is 7.98. The van der Waals surface area contributed by atoms with Crippen LogP contribution in [-0.4, -0.2) is 19.7 Å². The van der Waals surface area contributed by atoms with Crippen molar-refractivity contribution in [3.63, 3.8) is 0 Å². The molecular weight excluding hydrogens is 210 g/mol. The topological polar surface area (TPSA) is 26.3 Å². The van der Waals surface area contributed by atoms with Crippen LogP contribution in [0.1, 0.15) is 10.4 Å². The zero-order valence-electron chi connectivity index (χ0n) is 7.64. The lowest BCUT2D eigenvalue weighted by Gasteiger charge is -2.08. The molecule has 0 spiro atoms. The van der Waals surface area contributed by atoms with Gasteiger partial charge in [-0.05, 0) is 12.3 Å². The van der Waals surface area contributed by atoms with E-state index in [-0.39, 0.29) is 22.5 Å². The second kappa shape index (κ2) is 4.41. The second-order valence-corrected chi connectivity index (χ2v) is 3.26. The summed E-state index contributed by atoms with van der Waals surface area (Å²) in [7, 11) is 1.33. The molecule has 1 aromatic carbocycles. The highest BCUT2D eigenvalue weighted by Gasteiger charge is 2.17. The van der Waals surface area contributed by atoms with Gasteiger partial charge in [0.15, 0.2) is 17.9 Å². The van der Waals surface area contributed by atoms with Crippen LogP contribution in [0.5, 0.6) is 5.75 Å². The van der Waals surface area contributed by atoms with Gasteiger partial charge in [-0.25, -0.2) is 8.78 Å². The number of benzene rings is 1. The number of carbonyl (C=O) groups is 1. The Bertz CT molecular complexity index is 366. The van der Waals surface area contributed by atoms with E-state index in [1.54, 1.807) is 6.26 Å². The van der Waals surface area contributed by atoms with Crippen LogP contribution in [0, 0.1) is 11.6 Å². The zero-order chi connectivity index (χ0) is 10.7. The Balaban J connectivity index is 3.45.